The van der Waals surface area contributed by atoms with Crippen LogP contribution in [0.1, 0.15) is 35.3 Å². The highest BCUT2D eigenvalue weighted by molar-refractivity contribution is 6.31. The van der Waals surface area contributed by atoms with Crippen molar-refractivity contribution in [3.05, 3.63) is 70.2 Å². The summed E-state index contributed by atoms with van der Waals surface area (Å²) in [5, 5.41) is 6.28. The average molecular weight is 359 g/mol. The first-order chi connectivity index (χ1) is 11.9. The molecule has 2 rings (SSSR count). The zero-order chi connectivity index (χ0) is 18.4. The van der Waals surface area contributed by atoms with Gasteiger partial charge in [-0.15, -0.1) is 0 Å². The Kier molecular flexibility index (Phi) is 6.59. The minimum atomic E-state index is -0.615. The van der Waals surface area contributed by atoms with Crippen molar-refractivity contribution in [2.75, 3.05) is 0 Å². The molecule has 0 radical (unpaired) electrons. The average Bonchev–Trinajstić information content (AvgIpc) is 2.58. The lowest BCUT2D eigenvalue weighted by atomic mass is 10.0. The summed E-state index contributed by atoms with van der Waals surface area (Å²) in [6.45, 7) is 6.04. The van der Waals surface area contributed by atoms with Crippen LogP contribution >= 0.6 is 11.6 Å². The van der Waals surface area contributed by atoms with Crippen molar-refractivity contribution in [1.29, 1.82) is 0 Å². The molecule has 2 aromatic rings. The third-order valence-electron chi connectivity index (χ3n) is 3.93. The van der Waals surface area contributed by atoms with Gasteiger partial charge >= 0.3 is 0 Å². The van der Waals surface area contributed by atoms with Gasteiger partial charge in [0.05, 0.1) is 0 Å². The summed E-state index contributed by atoms with van der Waals surface area (Å²) in [6, 6.07) is 14.0. The fraction of sp³-hybridized carbons (Fsp3) is 0.300. The van der Waals surface area contributed by atoms with Crippen LogP contribution in [-0.4, -0.2) is 17.9 Å². The van der Waals surface area contributed by atoms with Crippen LogP contribution in [0.5, 0.6) is 0 Å². The Morgan fingerprint density at radius 3 is 2.44 bits per heavy atom. The van der Waals surface area contributed by atoms with Gasteiger partial charge < -0.3 is 10.6 Å². The molecule has 0 saturated heterocycles. The fourth-order valence-corrected chi connectivity index (χ4v) is 2.68. The monoisotopic (exact) mass is 358 g/mol. The summed E-state index contributed by atoms with van der Waals surface area (Å²) in [7, 11) is 0. The Hall–Kier alpha value is -2.33. The first kappa shape index (κ1) is 19.0. The van der Waals surface area contributed by atoms with E-state index in [4.69, 9.17) is 11.6 Å². The summed E-state index contributed by atoms with van der Waals surface area (Å²) in [5.41, 5.74) is 2.38. The topological polar surface area (TPSA) is 58.2 Å². The maximum absolute atomic E-state index is 12.5. The van der Waals surface area contributed by atoms with Gasteiger partial charge in [0.1, 0.15) is 6.04 Å². The SMILES string of the molecule is Cc1cccc(C(=O)NC(C(=O)NCc2ccccc2Cl)C(C)C)c1. The van der Waals surface area contributed by atoms with Gasteiger partial charge in [-0.05, 0) is 36.6 Å². The van der Waals surface area contributed by atoms with E-state index in [0.717, 1.165) is 11.1 Å². The molecule has 25 heavy (non-hydrogen) atoms. The summed E-state index contributed by atoms with van der Waals surface area (Å²) in [4.78, 5) is 25.0. The van der Waals surface area contributed by atoms with Gasteiger partial charge in [-0.2, -0.15) is 0 Å². The third-order valence-corrected chi connectivity index (χ3v) is 4.30. The molecular formula is C20H23ClN2O2. The summed E-state index contributed by atoms with van der Waals surface area (Å²) in [5.74, 6) is -0.522. The second kappa shape index (κ2) is 8.67. The zero-order valence-electron chi connectivity index (χ0n) is 14.7. The quantitative estimate of drug-likeness (QED) is 0.826. The summed E-state index contributed by atoms with van der Waals surface area (Å²) in [6.07, 6.45) is 0. The number of amides is 2. The van der Waals surface area contributed by atoms with E-state index in [1.54, 1.807) is 18.2 Å². The van der Waals surface area contributed by atoms with Crippen molar-refractivity contribution in [2.45, 2.75) is 33.4 Å². The number of hydrogen-bond donors (Lipinski definition) is 2. The van der Waals surface area contributed by atoms with Gasteiger partial charge in [-0.1, -0.05) is 61.3 Å². The molecule has 132 valence electrons. The highest BCUT2D eigenvalue weighted by Crippen LogP contribution is 2.14. The number of hydrogen-bond acceptors (Lipinski definition) is 2. The molecule has 0 saturated carbocycles. The second-order valence-corrected chi connectivity index (χ2v) is 6.78. The molecule has 2 aromatic carbocycles. The number of rotatable bonds is 6. The van der Waals surface area contributed by atoms with Crippen molar-refractivity contribution in [3.8, 4) is 0 Å². The number of nitrogens with one attached hydrogen (secondary N) is 2. The Morgan fingerprint density at radius 1 is 1.08 bits per heavy atom. The van der Waals surface area contributed by atoms with Crippen LogP contribution in [0.2, 0.25) is 5.02 Å². The molecule has 0 aliphatic carbocycles. The van der Waals surface area contributed by atoms with Crippen LogP contribution in [-0.2, 0) is 11.3 Å². The van der Waals surface area contributed by atoms with Gasteiger partial charge in [0.2, 0.25) is 5.91 Å². The van der Waals surface area contributed by atoms with Crippen LogP contribution in [0, 0.1) is 12.8 Å². The number of carbonyl (C=O) groups excluding carboxylic acids is 2. The molecule has 1 atom stereocenters. The lowest BCUT2D eigenvalue weighted by Crippen LogP contribution is -2.49. The molecule has 5 heteroatoms. The lowest BCUT2D eigenvalue weighted by Gasteiger charge is -2.22. The molecule has 0 spiro atoms. The smallest absolute Gasteiger partial charge is 0.251 e. The van der Waals surface area contributed by atoms with Crippen molar-refractivity contribution >= 4 is 23.4 Å². The molecule has 1 unspecified atom stereocenters. The van der Waals surface area contributed by atoms with E-state index in [1.807, 2.05) is 51.1 Å². The largest absolute Gasteiger partial charge is 0.350 e. The fourth-order valence-electron chi connectivity index (χ4n) is 2.48. The molecule has 0 aliphatic heterocycles. The summed E-state index contributed by atoms with van der Waals surface area (Å²) >= 11 is 6.11. The number of carbonyl (C=O) groups is 2. The zero-order valence-corrected chi connectivity index (χ0v) is 15.4. The minimum Gasteiger partial charge on any atom is -0.350 e. The predicted molar refractivity (Wildman–Crippen MR) is 101 cm³/mol. The van der Waals surface area contributed by atoms with E-state index in [2.05, 4.69) is 10.6 Å². The van der Waals surface area contributed by atoms with Gasteiger partial charge in [-0.3, -0.25) is 9.59 Å². The van der Waals surface area contributed by atoms with Crippen LogP contribution < -0.4 is 10.6 Å². The Balaban J connectivity index is 2.03. The molecule has 2 N–H and O–H groups in total. The number of aryl methyl sites for hydroxylation is 1. The van der Waals surface area contributed by atoms with E-state index in [9.17, 15) is 9.59 Å². The van der Waals surface area contributed by atoms with Crippen LogP contribution in [0.25, 0.3) is 0 Å². The van der Waals surface area contributed by atoms with Crippen molar-refractivity contribution < 1.29 is 9.59 Å². The third kappa shape index (κ3) is 5.33. The van der Waals surface area contributed by atoms with Gasteiger partial charge in [0, 0.05) is 17.1 Å². The standard InChI is InChI=1S/C20H23ClN2O2/c1-13(2)18(23-19(24)15-9-6-7-14(3)11-15)20(25)22-12-16-8-4-5-10-17(16)21/h4-11,13,18H,12H2,1-3H3,(H,22,25)(H,23,24). The Labute approximate surface area is 153 Å². The molecule has 0 aromatic heterocycles. The van der Waals surface area contributed by atoms with E-state index < -0.39 is 6.04 Å². The maximum Gasteiger partial charge on any atom is 0.251 e. The number of halogens is 1. The van der Waals surface area contributed by atoms with Crippen molar-refractivity contribution in [3.63, 3.8) is 0 Å². The molecule has 0 heterocycles. The molecule has 0 fully saturated rings. The summed E-state index contributed by atoms with van der Waals surface area (Å²) < 4.78 is 0. The normalized spacial score (nSPS) is 11.9. The molecule has 4 nitrogen and oxygen atoms in total. The van der Waals surface area contributed by atoms with Crippen LogP contribution in [0.3, 0.4) is 0 Å². The highest BCUT2D eigenvalue weighted by atomic mass is 35.5. The molecule has 0 aliphatic rings. The Morgan fingerprint density at radius 2 is 1.80 bits per heavy atom. The lowest BCUT2D eigenvalue weighted by molar-refractivity contribution is -0.124. The van der Waals surface area contributed by atoms with E-state index in [-0.39, 0.29) is 17.7 Å². The van der Waals surface area contributed by atoms with E-state index in [0.29, 0.717) is 17.1 Å². The van der Waals surface area contributed by atoms with Gasteiger partial charge in [0.25, 0.3) is 5.91 Å². The van der Waals surface area contributed by atoms with E-state index >= 15 is 0 Å². The minimum absolute atomic E-state index is 0.0417. The predicted octanol–water partition coefficient (Wildman–Crippen LogP) is 3.72. The Bertz CT molecular complexity index is 759. The van der Waals surface area contributed by atoms with Gasteiger partial charge in [-0.25, -0.2) is 0 Å². The maximum atomic E-state index is 12.5. The number of benzene rings is 2. The van der Waals surface area contributed by atoms with Crippen LogP contribution in [0.15, 0.2) is 48.5 Å². The van der Waals surface area contributed by atoms with Crippen molar-refractivity contribution in [2.24, 2.45) is 5.92 Å². The first-order valence-corrected chi connectivity index (χ1v) is 8.65. The molecule has 2 amide bonds. The first-order valence-electron chi connectivity index (χ1n) is 8.27. The van der Waals surface area contributed by atoms with E-state index in [1.165, 1.54) is 0 Å². The molecule has 0 bridgehead atoms. The van der Waals surface area contributed by atoms with Crippen LogP contribution in [0.4, 0.5) is 0 Å². The highest BCUT2D eigenvalue weighted by Gasteiger charge is 2.24. The second-order valence-electron chi connectivity index (χ2n) is 6.37. The molecular weight excluding hydrogens is 336 g/mol. The van der Waals surface area contributed by atoms with Crippen molar-refractivity contribution in [1.82, 2.24) is 10.6 Å². The van der Waals surface area contributed by atoms with Gasteiger partial charge in [0.15, 0.2) is 0 Å².